The molecule has 2 heterocycles. The molecule has 0 bridgehead atoms. The van der Waals surface area contributed by atoms with Crippen molar-refractivity contribution in [2.24, 2.45) is 0 Å². The second kappa shape index (κ2) is 5.83. The Morgan fingerprint density at radius 2 is 1.96 bits per heavy atom. The third-order valence-electron chi connectivity index (χ3n) is 3.10. The number of nitrogens with zero attached hydrogens (tertiary/aromatic N) is 3. The van der Waals surface area contributed by atoms with Gasteiger partial charge in [0, 0.05) is 17.8 Å². The van der Waals surface area contributed by atoms with E-state index < -0.39 is 10.0 Å². The lowest BCUT2D eigenvalue weighted by Gasteiger charge is -2.11. The normalized spacial score (nSPS) is 11.1. The Labute approximate surface area is 137 Å². The summed E-state index contributed by atoms with van der Waals surface area (Å²) in [5.41, 5.74) is 0.802. The number of nitriles is 1. The SMILES string of the molecule is N#Cc1ccnc(S(=O)(=O)Nc2c(Cl)ccc3cccnc23)c1. The Morgan fingerprint density at radius 3 is 2.74 bits per heavy atom. The van der Waals surface area contributed by atoms with Crippen LogP contribution in [0.5, 0.6) is 0 Å². The van der Waals surface area contributed by atoms with Gasteiger partial charge in [-0.25, -0.2) is 4.98 Å². The maximum Gasteiger partial charge on any atom is 0.279 e. The Balaban J connectivity index is 2.11. The molecule has 3 rings (SSSR count). The van der Waals surface area contributed by atoms with Gasteiger partial charge in [0.2, 0.25) is 0 Å². The first-order valence-electron chi connectivity index (χ1n) is 6.43. The number of rotatable bonds is 3. The van der Waals surface area contributed by atoms with Crippen molar-refractivity contribution in [3.05, 3.63) is 59.4 Å². The van der Waals surface area contributed by atoms with Gasteiger partial charge in [-0.1, -0.05) is 23.7 Å². The van der Waals surface area contributed by atoms with Gasteiger partial charge in [-0.05, 0) is 24.3 Å². The first-order valence-corrected chi connectivity index (χ1v) is 8.29. The number of hydrogen-bond donors (Lipinski definition) is 1. The van der Waals surface area contributed by atoms with E-state index >= 15 is 0 Å². The molecule has 0 amide bonds. The standard InChI is InChI=1S/C15H9ClN4O2S/c16-12-4-3-11-2-1-6-19-14(11)15(12)20-23(21,22)13-8-10(9-17)5-7-18-13/h1-8,20H. The van der Waals surface area contributed by atoms with Crippen LogP contribution in [0.1, 0.15) is 5.56 Å². The van der Waals surface area contributed by atoms with Gasteiger partial charge in [-0.3, -0.25) is 9.71 Å². The van der Waals surface area contributed by atoms with Gasteiger partial charge >= 0.3 is 0 Å². The molecule has 3 aromatic rings. The fourth-order valence-electron chi connectivity index (χ4n) is 2.03. The molecule has 0 saturated carbocycles. The van der Waals surface area contributed by atoms with E-state index in [9.17, 15) is 8.42 Å². The molecule has 8 heteroatoms. The van der Waals surface area contributed by atoms with E-state index in [0.717, 1.165) is 5.39 Å². The number of benzene rings is 1. The fraction of sp³-hybridized carbons (Fsp3) is 0. The third kappa shape index (κ3) is 2.95. The second-order valence-electron chi connectivity index (χ2n) is 4.60. The Hall–Kier alpha value is -2.69. The van der Waals surface area contributed by atoms with E-state index in [2.05, 4.69) is 14.7 Å². The molecule has 0 radical (unpaired) electrons. The van der Waals surface area contributed by atoms with Crippen LogP contribution >= 0.6 is 11.6 Å². The summed E-state index contributed by atoms with van der Waals surface area (Å²) in [5, 5.41) is 9.58. The molecule has 0 saturated heterocycles. The second-order valence-corrected chi connectivity index (χ2v) is 6.63. The zero-order chi connectivity index (χ0) is 16.4. The van der Waals surface area contributed by atoms with Crippen LogP contribution in [-0.2, 0) is 10.0 Å². The maximum atomic E-state index is 12.5. The molecule has 1 aromatic carbocycles. The summed E-state index contributed by atoms with van der Waals surface area (Å²) in [5.74, 6) is 0. The van der Waals surface area contributed by atoms with Crippen molar-refractivity contribution < 1.29 is 8.42 Å². The summed E-state index contributed by atoms with van der Waals surface area (Å²) < 4.78 is 27.4. The molecule has 0 aliphatic rings. The molecule has 0 aliphatic heterocycles. The van der Waals surface area contributed by atoms with Crippen molar-refractivity contribution in [2.45, 2.75) is 5.03 Å². The van der Waals surface area contributed by atoms with Crippen LogP contribution in [-0.4, -0.2) is 18.4 Å². The highest BCUT2D eigenvalue weighted by atomic mass is 35.5. The van der Waals surface area contributed by atoms with Gasteiger partial charge in [0.1, 0.15) is 0 Å². The van der Waals surface area contributed by atoms with Crippen molar-refractivity contribution in [1.29, 1.82) is 5.26 Å². The monoisotopic (exact) mass is 344 g/mol. The van der Waals surface area contributed by atoms with E-state index in [4.69, 9.17) is 16.9 Å². The number of anilines is 1. The predicted molar refractivity (Wildman–Crippen MR) is 86.5 cm³/mol. The van der Waals surface area contributed by atoms with E-state index in [0.29, 0.717) is 5.52 Å². The van der Waals surface area contributed by atoms with E-state index in [-0.39, 0.29) is 21.3 Å². The summed E-state index contributed by atoms with van der Waals surface area (Å²) in [6, 6.07) is 11.4. The first kappa shape index (κ1) is 15.2. The van der Waals surface area contributed by atoms with Crippen LogP contribution in [0.4, 0.5) is 5.69 Å². The maximum absolute atomic E-state index is 12.5. The summed E-state index contributed by atoms with van der Waals surface area (Å²) in [7, 11) is -4.00. The number of halogens is 1. The van der Waals surface area contributed by atoms with Gasteiger partial charge in [-0.15, -0.1) is 0 Å². The zero-order valence-electron chi connectivity index (χ0n) is 11.6. The number of aromatic nitrogens is 2. The predicted octanol–water partition coefficient (Wildman–Crippen LogP) is 2.96. The molecule has 23 heavy (non-hydrogen) atoms. The lowest BCUT2D eigenvalue weighted by molar-refractivity contribution is 0.597. The van der Waals surface area contributed by atoms with Crippen molar-refractivity contribution in [3.63, 3.8) is 0 Å². The molecule has 6 nitrogen and oxygen atoms in total. The Morgan fingerprint density at radius 1 is 1.13 bits per heavy atom. The smallest absolute Gasteiger partial charge is 0.275 e. The molecule has 0 atom stereocenters. The lowest BCUT2D eigenvalue weighted by Crippen LogP contribution is -2.15. The van der Waals surface area contributed by atoms with Crippen LogP contribution in [0.25, 0.3) is 10.9 Å². The summed E-state index contributed by atoms with van der Waals surface area (Å²) >= 11 is 6.12. The summed E-state index contributed by atoms with van der Waals surface area (Å²) in [4.78, 5) is 7.97. The third-order valence-corrected chi connectivity index (χ3v) is 4.66. The molecule has 0 fully saturated rings. The molecule has 0 spiro atoms. The van der Waals surface area contributed by atoms with Crippen LogP contribution in [0, 0.1) is 11.3 Å². The summed E-state index contributed by atoms with van der Waals surface area (Å²) in [6.45, 7) is 0. The quantitative estimate of drug-likeness (QED) is 0.788. The van der Waals surface area contributed by atoms with Crippen molar-refractivity contribution >= 4 is 38.2 Å². The number of nitrogens with one attached hydrogen (secondary N) is 1. The van der Waals surface area contributed by atoms with Gasteiger partial charge in [0.15, 0.2) is 5.03 Å². The van der Waals surface area contributed by atoms with Crippen molar-refractivity contribution in [1.82, 2.24) is 9.97 Å². The van der Waals surface area contributed by atoms with Gasteiger partial charge in [-0.2, -0.15) is 13.7 Å². The summed E-state index contributed by atoms with van der Waals surface area (Å²) in [6.07, 6.45) is 2.81. The fourth-order valence-corrected chi connectivity index (χ4v) is 3.35. The number of sulfonamides is 1. The van der Waals surface area contributed by atoms with Crippen molar-refractivity contribution in [2.75, 3.05) is 4.72 Å². The van der Waals surface area contributed by atoms with Crippen molar-refractivity contribution in [3.8, 4) is 6.07 Å². The van der Waals surface area contributed by atoms with Crippen LogP contribution < -0.4 is 4.72 Å². The molecular weight excluding hydrogens is 336 g/mol. The van der Waals surface area contributed by atoms with Crippen LogP contribution in [0.3, 0.4) is 0 Å². The van der Waals surface area contributed by atoms with E-state index in [1.807, 2.05) is 6.07 Å². The number of hydrogen-bond acceptors (Lipinski definition) is 5. The van der Waals surface area contributed by atoms with Gasteiger partial charge in [0.05, 0.1) is 27.9 Å². The first-order chi connectivity index (χ1) is 11.0. The number of pyridine rings is 2. The molecular formula is C15H9ClN4O2S. The van der Waals surface area contributed by atoms with Crippen LogP contribution in [0.2, 0.25) is 5.02 Å². The zero-order valence-corrected chi connectivity index (χ0v) is 13.1. The average molecular weight is 345 g/mol. The lowest BCUT2D eigenvalue weighted by atomic mass is 10.2. The minimum Gasteiger partial charge on any atom is -0.275 e. The highest BCUT2D eigenvalue weighted by molar-refractivity contribution is 7.92. The minimum atomic E-state index is -4.00. The largest absolute Gasteiger partial charge is 0.279 e. The molecule has 2 aromatic heterocycles. The highest BCUT2D eigenvalue weighted by Crippen LogP contribution is 2.31. The molecule has 1 N–H and O–H groups in total. The molecule has 114 valence electrons. The average Bonchev–Trinajstić information content (AvgIpc) is 2.57. The van der Waals surface area contributed by atoms with Gasteiger partial charge in [0.25, 0.3) is 10.0 Å². The molecule has 0 aliphatic carbocycles. The van der Waals surface area contributed by atoms with Gasteiger partial charge < -0.3 is 0 Å². The van der Waals surface area contributed by atoms with E-state index in [1.54, 1.807) is 30.5 Å². The van der Waals surface area contributed by atoms with E-state index in [1.165, 1.54) is 18.3 Å². The number of fused-ring (bicyclic) bond motifs is 1. The highest BCUT2D eigenvalue weighted by Gasteiger charge is 2.20. The molecule has 0 unspecified atom stereocenters. The minimum absolute atomic E-state index is 0.175. The Kier molecular flexibility index (Phi) is 3.86. The topological polar surface area (TPSA) is 95.7 Å². The van der Waals surface area contributed by atoms with Crippen LogP contribution in [0.15, 0.2) is 53.8 Å². The Bertz CT molecular complexity index is 1040.